The summed E-state index contributed by atoms with van der Waals surface area (Å²) in [4.78, 5) is 10.8. The zero-order valence-electron chi connectivity index (χ0n) is 7.30. The minimum Gasteiger partial charge on any atom is -0.481 e. The molecule has 1 N–H and O–H groups in total. The highest BCUT2D eigenvalue weighted by Gasteiger charge is 2.35. The second-order valence-electron chi connectivity index (χ2n) is 3.62. The fraction of sp³-hybridized carbons (Fsp3) is 0.667. The lowest BCUT2D eigenvalue weighted by Gasteiger charge is -2.28. The Hall–Kier alpha value is -0.500. The Balaban J connectivity index is 2.91. The van der Waals surface area contributed by atoms with E-state index >= 15 is 0 Å². The maximum absolute atomic E-state index is 10.8. The van der Waals surface area contributed by atoms with Crippen LogP contribution >= 0.6 is 11.6 Å². The molecule has 0 aliphatic heterocycles. The molecule has 2 unspecified atom stereocenters. The summed E-state index contributed by atoms with van der Waals surface area (Å²) < 4.78 is 0. The third kappa shape index (κ3) is 1.63. The van der Waals surface area contributed by atoms with Gasteiger partial charge in [0.25, 0.3) is 0 Å². The summed E-state index contributed by atoms with van der Waals surface area (Å²) in [6, 6.07) is 0. The van der Waals surface area contributed by atoms with E-state index in [1.807, 2.05) is 6.92 Å². The van der Waals surface area contributed by atoms with Crippen LogP contribution in [0.1, 0.15) is 26.7 Å². The minimum absolute atomic E-state index is 0.0254. The van der Waals surface area contributed by atoms with Crippen molar-refractivity contribution < 1.29 is 9.90 Å². The Morgan fingerprint density at radius 3 is 2.83 bits per heavy atom. The number of allylic oxidation sites excluding steroid dienone is 1. The number of carboxylic acids is 1. The van der Waals surface area contributed by atoms with Gasteiger partial charge < -0.3 is 5.11 Å². The summed E-state index contributed by atoms with van der Waals surface area (Å²) in [5, 5.41) is 8.94. The maximum atomic E-state index is 10.8. The van der Waals surface area contributed by atoms with Crippen LogP contribution in [0.4, 0.5) is 0 Å². The minimum atomic E-state index is -0.759. The van der Waals surface area contributed by atoms with Crippen molar-refractivity contribution in [3.8, 4) is 0 Å². The third-order valence-corrected chi connectivity index (χ3v) is 3.01. The normalized spacial score (nSPS) is 35.9. The number of alkyl halides is 1. The van der Waals surface area contributed by atoms with E-state index in [2.05, 4.69) is 0 Å². The first-order chi connectivity index (χ1) is 5.46. The number of hydrogen-bond acceptors (Lipinski definition) is 1. The van der Waals surface area contributed by atoms with E-state index in [-0.39, 0.29) is 5.38 Å². The lowest BCUT2D eigenvalue weighted by Crippen LogP contribution is -2.30. The van der Waals surface area contributed by atoms with Crippen molar-refractivity contribution in [1.29, 1.82) is 0 Å². The fourth-order valence-corrected chi connectivity index (χ4v) is 1.66. The van der Waals surface area contributed by atoms with Crippen molar-refractivity contribution in [2.75, 3.05) is 0 Å². The van der Waals surface area contributed by atoms with Crippen LogP contribution < -0.4 is 0 Å². The van der Waals surface area contributed by atoms with Gasteiger partial charge in [-0.3, -0.25) is 4.79 Å². The molecule has 0 fully saturated rings. The van der Waals surface area contributed by atoms with Crippen LogP contribution in [0.2, 0.25) is 0 Å². The summed E-state index contributed by atoms with van der Waals surface area (Å²) in [5.74, 6) is -0.759. The predicted octanol–water partition coefficient (Wildman–Crippen LogP) is 2.42. The second kappa shape index (κ2) is 3.09. The SMILES string of the molecule is CC1=CC(C)(C(=O)O)CCC1Cl. The molecule has 68 valence electrons. The van der Waals surface area contributed by atoms with Crippen LogP contribution in [0.25, 0.3) is 0 Å². The smallest absolute Gasteiger partial charge is 0.313 e. The molecule has 0 amide bonds. The van der Waals surface area contributed by atoms with E-state index < -0.39 is 11.4 Å². The standard InChI is InChI=1S/C9H13ClO2/c1-6-5-9(2,8(11)12)4-3-7(6)10/h5,7H,3-4H2,1-2H3,(H,11,12). The Kier molecular flexibility index (Phi) is 2.47. The molecule has 0 aromatic carbocycles. The van der Waals surface area contributed by atoms with E-state index in [0.29, 0.717) is 6.42 Å². The van der Waals surface area contributed by atoms with Crippen molar-refractivity contribution in [1.82, 2.24) is 0 Å². The van der Waals surface area contributed by atoms with Crippen molar-refractivity contribution in [2.24, 2.45) is 5.41 Å². The Bertz CT molecular complexity index is 235. The van der Waals surface area contributed by atoms with Gasteiger partial charge in [-0.25, -0.2) is 0 Å². The number of carbonyl (C=O) groups is 1. The topological polar surface area (TPSA) is 37.3 Å². The van der Waals surface area contributed by atoms with Gasteiger partial charge in [0.15, 0.2) is 0 Å². The molecule has 1 aliphatic carbocycles. The van der Waals surface area contributed by atoms with Crippen molar-refractivity contribution in [3.05, 3.63) is 11.6 Å². The molecule has 12 heavy (non-hydrogen) atoms. The van der Waals surface area contributed by atoms with Gasteiger partial charge in [-0.1, -0.05) is 11.6 Å². The lowest BCUT2D eigenvalue weighted by molar-refractivity contribution is -0.145. The van der Waals surface area contributed by atoms with E-state index in [1.54, 1.807) is 13.0 Å². The fourth-order valence-electron chi connectivity index (χ4n) is 1.49. The Morgan fingerprint density at radius 2 is 2.42 bits per heavy atom. The predicted molar refractivity (Wildman–Crippen MR) is 48.4 cm³/mol. The van der Waals surface area contributed by atoms with Crippen molar-refractivity contribution in [3.63, 3.8) is 0 Å². The zero-order valence-corrected chi connectivity index (χ0v) is 8.06. The molecule has 0 heterocycles. The van der Waals surface area contributed by atoms with Crippen LogP contribution in [0, 0.1) is 5.41 Å². The second-order valence-corrected chi connectivity index (χ2v) is 4.14. The van der Waals surface area contributed by atoms with Crippen LogP contribution in [-0.2, 0) is 4.79 Å². The molecule has 3 heteroatoms. The highest BCUT2D eigenvalue weighted by molar-refractivity contribution is 6.22. The molecular weight excluding hydrogens is 176 g/mol. The van der Waals surface area contributed by atoms with Crippen LogP contribution in [0.3, 0.4) is 0 Å². The van der Waals surface area contributed by atoms with Crippen molar-refractivity contribution >= 4 is 17.6 Å². The Labute approximate surface area is 77.2 Å². The van der Waals surface area contributed by atoms with Gasteiger partial charge in [-0.05, 0) is 26.7 Å². The summed E-state index contributed by atoms with van der Waals surface area (Å²) in [7, 11) is 0. The first-order valence-corrected chi connectivity index (χ1v) is 4.46. The summed E-state index contributed by atoms with van der Waals surface area (Å²) >= 11 is 5.94. The summed E-state index contributed by atoms with van der Waals surface area (Å²) in [5.41, 5.74) is 0.281. The van der Waals surface area contributed by atoms with Gasteiger partial charge in [0.05, 0.1) is 10.8 Å². The van der Waals surface area contributed by atoms with Crippen LogP contribution in [0.5, 0.6) is 0 Å². The first kappa shape index (κ1) is 9.59. The molecule has 0 aromatic rings. The van der Waals surface area contributed by atoms with Gasteiger partial charge in [0.1, 0.15) is 0 Å². The van der Waals surface area contributed by atoms with Gasteiger partial charge in [-0.2, -0.15) is 0 Å². The molecule has 2 atom stereocenters. The molecule has 0 spiro atoms. The van der Waals surface area contributed by atoms with E-state index in [1.165, 1.54) is 0 Å². The molecule has 0 aromatic heterocycles. The number of carboxylic acid groups (broad SMARTS) is 1. The molecule has 1 rings (SSSR count). The van der Waals surface area contributed by atoms with Gasteiger partial charge in [0, 0.05) is 0 Å². The van der Waals surface area contributed by atoms with Crippen molar-refractivity contribution in [2.45, 2.75) is 32.1 Å². The van der Waals surface area contributed by atoms with Crippen LogP contribution in [-0.4, -0.2) is 16.5 Å². The van der Waals surface area contributed by atoms with Gasteiger partial charge in [-0.15, -0.1) is 11.6 Å². The third-order valence-electron chi connectivity index (χ3n) is 2.45. The highest BCUT2D eigenvalue weighted by Crippen LogP contribution is 2.36. The van der Waals surface area contributed by atoms with E-state index in [9.17, 15) is 4.79 Å². The quantitative estimate of drug-likeness (QED) is 0.507. The number of hydrogen-bond donors (Lipinski definition) is 1. The largest absolute Gasteiger partial charge is 0.481 e. The molecule has 0 saturated heterocycles. The Morgan fingerprint density at radius 1 is 1.83 bits per heavy atom. The molecular formula is C9H13ClO2. The molecule has 2 nitrogen and oxygen atoms in total. The van der Waals surface area contributed by atoms with E-state index in [4.69, 9.17) is 16.7 Å². The number of rotatable bonds is 1. The number of halogens is 1. The lowest BCUT2D eigenvalue weighted by atomic mass is 9.78. The highest BCUT2D eigenvalue weighted by atomic mass is 35.5. The monoisotopic (exact) mass is 188 g/mol. The van der Waals surface area contributed by atoms with Crippen LogP contribution in [0.15, 0.2) is 11.6 Å². The first-order valence-electron chi connectivity index (χ1n) is 4.02. The summed E-state index contributed by atoms with van der Waals surface area (Å²) in [6.07, 6.45) is 3.16. The molecule has 0 bridgehead atoms. The maximum Gasteiger partial charge on any atom is 0.313 e. The average Bonchev–Trinajstić information content (AvgIpc) is 1.97. The zero-order chi connectivity index (χ0) is 9.35. The summed E-state index contributed by atoms with van der Waals surface area (Å²) in [6.45, 7) is 3.62. The molecule has 0 radical (unpaired) electrons. The van der Waals surface area contributed by atoms with E-state index in [0.717, 1.165) is 12.0 Å². The molecule has 0 saturated carbocycles. The molecule has 1 aliphatic rings. The van der Waals surface area contributed by atoms with Gasteiger partial charge in [0.2, 0.25) is 0 Å². The number of aliphatic carboxylic acids is 1. The van der Waals surface area contributed by atoms with Gasteiger partial charge >= 0.3 is 5.97 Å². The average molecular weight is 189 g/mol.